The molecule has 34 heavy (non-hydrogen) atoms. The summed E-state index contributed by atoms with van der Waals surface area (Å²) in [6.45, 7) is 0. The van der Waals surface area contributed by atoms with Gasteiger partial charge in [0, 0.05) is 18.2 Å². The summed E-state index contributed by atoms with van der Waals surface area (Å²) in [4.78, 5) is 27.6. The number of sulfonamides is 1. The molecular weight excluding hydrogens is 474 g/mol. The van der Waals surface area contributed by atoms with E-state index in [1.165, 1.54) is 17.0 Å². The fraction of sp³-hybridized carbons (Fsp3) is 0.375. The van der Waals surface area contributed by atoms with Crippen LogP contribution in [-0.2, 0) is 19.6 Å². The first-order valence-corrected chi connectivity index (χ1v) is 13.5. The van der Waals surface area contributed by atoms with Gasteiger partial charge in [0.15, 0.2) is 5.17 Å². The van der Waals surface area contributed by atoms with Crippen LogP contribution < -0.4 is 10.1 Å². The average Bonchev–Trinajstić information content (AvgIpc) is 3.14. The van der Waals surface area contributed by atoms with Crippen molar-refractivity contribution >= 4 is 44.5 Å². The summed E-state index contributed by atoms with van der Waals surface area (Å²) in [7, 11) is -2.42. The second-order valence-electron chi connectivity index (χ2n) is 8.25. The van der Waals surface area contributed by atoms with Crippen molar-refractivity contribution in [2.45, 2.75) is 54.7 Å². The molecule has 1 aliphatic heterocycles. The molecule has 8 nitrogen and oxygen atoms in total. The Balaban J connectivity index is 1.54. The molecule has 0 spiro atoms. The van der Waals surface area contributed by atoms with Crippen LogP contribution in [0.2, 0.25) is 0 Å². The van der Waals surface area contributed by atoms with Gasteiger partial charge < -0.3 is 10.1 Å². The number of carbonyl (C=O) groups excluding carboxylic acids is 2. The maximum Gasteiger partial charge on any atom is 0.284 e. The van der Waals surface area contributed by atoms with Gasteiger partial charge >= 0.3 is 0 Å². The second-order valence-corrected chi connectivity index (χ2v) is 11.0. The van der Waals surface area contributed by atoms with Crippen molar-refractivity contribution in [1.29, 1.82) is 0 Å². The molecule has 4 rings (SSSR count). The Labute approximate surface area is 203 Å². The number of ether oxygens (including phenoxy) is 1. The molecule has 2 aliphatic rings. The van der Waals surface area contributed by atoms with Crippen molar-refractivity contribution in [2.75, 3.05) is 12.4 Å². The van der Waals surface area contributed by atoms with Gasteiger partial charge in [-0.15, -0.1) is 4.40 Å². The fourth-order valence-electron chi connectivity index (χ4n) is 4.16. The molecule has 0 radical (unpaired) electrons. The summed E-state index contributed by atoms with van der Waals surface area (Å²) in [6.07, 6.45) is 4.54. The van der Waals surface area contributed by atoms with Crippen LogP contribution in [-0.4, -0.2) is 48.7 Å². The number of rotatable bonds is 7. The first-order valence-electron chi connectivity index (χ1n) is 11.2. The number of anilines is 1. The molecule has 1 aliphatic carbocycles. The highest BCUT2D eigenvalue weighted by Gasteiger charge is 2.43. The van der Waals surface area contributed by atoms with Crippen molar-refractivity contribution in [1.82, 2.24) is 4.90 Å². The van der Waals surface area contributed by atoms with E-state index in [0.29, 0.717) is 11.4 Å². The van der Waals surface area contributed by atoms with E-state index >= 15 is 0 Å². The van der Waals surface area contributed by atoms with Crippen LogP contribution in [0.15, 0.2) is 63.9 Å². The number of amides is 2. The third-order valence-electron chi connectivity index (χ3n) is 5.89. The summed E-state index contributed by atoms with van der Waals surface area (Å²) < 4.78 is 35.0. The maximum atomic E-state index is 13.3. The van der Waals surface area contributed by atoms with Gasteiger partial charge in [-0.2, -0.15) is 8.42 Å². The van der Waals surface area contributed by atoms with Gasteiger partial charge in [-0.1, -0.05) is 49.2 Å². The van der Waals surface area contributed by atoms with E-state index in [4.69, 9.17) is 4.74 Å². The summed E-state index contributed by atoms with van der Waals surface area (Å²) in [5, 5.41) is 2.21. The van der Waals surface area contributed by atoms with E-state index < -0.39 is 15.3 Å². The number of benzene rings is 2. The number of amidine groups is 1. The standard InChI is InChI=1S/C24H27N3O5S2/c1-32-19-14-12-17(13-15-19)25-22(28)16-21-23(29)27(18-8-4-2-5-9-18)24(33-21)26-34(30,31)20-10-6-3-7-11-20/h3,6-7,10-15,18,21H,2,4-5,8-9,16H2,1H3,(H,25,28)/b26-24+. The Morgan fingerprint density at radius 3 is 2.41 bits per heavy atom. The molecule has 1 heterocycles. The molecule has 1 unspecified atom stereocenters. The van der Waals surface area contributed by atoms with Gasteiger partial charge in [0.05, 0.1) is 12.0 Å². The lowest BCUT2D eigenvalue weighted by atomic mass is 9.94. The number of carbonyl (C=O) groups is 2. The van der Waals surface area contributed by atoms with Crippen molar-refractivity contribution in [2.24, 2.45) is 4.40 Å². The van der Waals surface area contributed by atoms with E-state index in [1.54, 1.807) is 49.6 Å². The van der Waals surface area contributed by atoms with Crippen molar-refractivity contribution in [3.63, 3.8) is 0 Å². The molecule has 1 N–H and O–H groups in total. The van der Waals surface area contributed by atoms with Crippen LogP contribution in [0.5, 0.6) is 5.75 Å². The maximum absolute atomic E-state index is 13.3. The quantitative estimate of drug-likeness (QED) is 0.614. The van der Waals surface area contributed by atoms with Crippen LogP contribution in [0.4, 0.5) is 5.69 Å². The number of hydrogen-bond acceptors (Lipinski definition) is 6. The topological polar surface area (TPSA) is 105 Å². The predicted octanol–water partition coefficient (Wildman–Crippen LogP) is 4.05. The molecule has 1 atom stereocenters. The molecule has 1 saturated heterocycles. The minimum absolute atomic E-state index is 0.0693. The summed E-state index contributed by atoms with van der Waals surface area (Å²) in [6, 6.07) is 14.7. The fourth-order valence-corrected chi connectivity index (χ4v) is 6.58. The van der Waals surface area contributed by atoms with Gasteiger partial charge in [-0.3, -0.25) is 14.5 Å². The molecule has 0 aromatic heterocycles. The number of methoxy groups -OCH3 is 1. The first kappa shape index (κ1) is 24.3. The lowest BCUT2D eigenvalue weighted by Crippen LogP contribution is -2.42. The average molecular weight is 502 g/mol. The van der Waals surface area contributed by atoms with Crippen LogP contribution in [0.3, 0.4) is 0 Å². The van der Waals surface area contributed by atoms with Crippen LogP contribution in [0.1, 0.15) is 38.5 Å². The molecule has 1 saturated carbocycles. The number of hydrogen-bond donors (Lipinski definition) is 1. The van der Waals surface area contributed by atoms with Crippen LogP contribution >= 0.6 is 11.8 Å². The SMILES string of the molecule is COc1ccc(NC(=O)CC2S/C(=N/S(=O)(=O)c3ccccc3)N(C3CCCCC3)C2=O)cc1. The Kier molecular flexibility index (Phi) is 7.57. The monoisotopic (exact) mass is 501 g/mol. The summed E-state index contributed by atoms with van der Waals surface area (Å²) in [5.41, 5.74) is 0.589. The van der Waals surface area contributed by atoms with E-state index in [-0.39, 0.29) is 34.3 Å². The van der Waals surface area contributed by atoms with Gasteiger partial charge in [0.2, 0.25) is 11.8 Å². The zero-order valence-corrected chi connectivity index (χ0v) is 20.5. The molecule has 0 bridgehead atoms. The lowest BCUT2D eigenvalue weighted by Gasteiger charge is -2.30. The minimum Gasteiger partial charge on any atom is -0.497 e. The number of nitrogens with one attached hydrogen (secondary N) is 1. The Morgan fingerprint density at radius 1 is 1.09 bits per heavy atom. The molecule has 2 aromatic carbocycles. The summed E-state index contributed by atoms with van der Waals surface area (Å²) >= 11 is 1.05. The van der Waals surface area contributed by atoms with Gasteiger partial charge in [-0.25, -0.2) is 0 Å². The zero-order chi connectivity index (χ0) is 24.1. The van der Waals surface area contributed by atoms with Gasteiger partial charge in [0.1, 0.15) is 11.0 Å². The third-order valence-corrected chi connectivity index (χ3v) is 8.44. The van der Waals surface area contributed by atoms with E-state index in [0.717, 1.165) is 43.9 Å². The molecule has 10 heteroatoms. The molecular formula is C24H27N3O5S2. The number of nitrogens with zero attached hydrogens (tertiary/aromatic N) is 2. The molecule has 2 fully saturated rings. The van der Waals surface area contributed by atoms with E-state index in [2.05, 4.69) is 9.71 Å². The van der Waals surface area contributed by atoms with E-state index in [9.17, 15) is 18.0 Å². The highest BCUT2D eigenvalue weighted by molar-refractivity contribution is 8.16. The Hall–Kier alpha value is -2.85. The lowest BCUT2D eigenvalue weighted by molar-refractivity contribution is -0.130. The number of thioether (sulfide) groups is 1. The Bertz CT molecular complexity index is 1160. The van der Waals surface area contributed by atoms with Crippen molar-refractivity contribution in [3.8, 4) is 5.75 Å². The van der Waals surface area contributed by atoms with Gasteiger partial charge in [-0.05, 0) is 49.2 Å². The summed E-state index contributed by atoms with van der Waals surface area (Å²) in [5.74, 6) is 0.0821. The zero-order valence-electron chi connectivity index (χ0n) is 18.8. The third kappa shape index (κ3) is 5.61. The smallest absolute Gasteiger partial charge is 0.284 e. The van der Waals surface area contributed by atoms with Crippen LogP contribution in [0, 0.1) is 0 Å². The van der Waals surface area contributed by atoms with Crippen molar-refractivity contribution in [3.05, 3.63) is 54.6 Å². The first-order chi connectivity index (χ1) is 16.4. The molecule has 180 valence electrons. The van der Waals surface area contributed by atoms with E-state index in [1.807, 2.05) is 0 Å². The molecule has 2 aromatic rings. The van der Waals surface area contributed by atoms with Gasteiger partial charge in [0.25, 0.3) is 10.0 Å². The molecule has 2 amide bonds. The normalized spacial score (nSPS) is 20.5. The minimum atomic E-state index is -3.98. The predicted molar refractivity (Wildman–Crippen MR) is 132 cm³/mol. The second kappa shape index (κ2) is 10.6. The largest absolute Gasteiger partial charge is 0.497 e. The highest BCUT2D eigenvalue weighted by atomic mass is 32.2. The van der Waals surface area contributed by atoms with Crippen molar-refractivity contribution < 1.29 is 22.7 Å². The highest BCUT2D eigenvalue weighted by Crippen LogP contribution is 2.36. The van der Waals surface area contributed by atoms with Crippen LogP contribution in [0.25, 0.3) is 0 Å². The Morgan fingerprint density at radius 2 is 1.76 bits per heavy atom.